The summed E-state index contributed by atoms with van der Waals surface area (Å²) >= 11 is 0. The van der Waals surface area contributed by atoms with E-state index in [9.17, 15) is 8.42 Å². The molecule has 4 nitrogen and oxygen atoms in total. The maximum atomic E-state index is 12.0. The second-order valence-electron chi connectivity index (χ2n) is 3.85. The molecule has 2 rings (SSSR count). The van der Waals surface area contributed by atoms with Crippen LogP contribution in [0.15, 0.2) is 53.1 Å². The van der Waals surface area contributed by atoms with Gasteiger partial charge in [-0.2, -0.15) is 0 Å². The number of sulfonamides is 1. The van der Waals surface area contributed by atoms with Gasteiger partial charge in [0.2, 0.25) is 0 Å². The summed E-state index contributed by atoms with van der Waals surface area (Å²) in [6.07, 6.45) is 4.24. The standard InChI is InChI=1S/C12H14N2O2S/c13-10-6-8-12(9-7-10)17(15,16)14-11-4-2-1-3-5-11/h1-6,8,14H,7,9,13H2. The van der Waals surface area contributed by atoms with Gasteiger partial charge in [-0.15, -0.1) is 0 Å². The lowest BCUT2D eigenvalue weighted by Crippen LogP contribution is -2.17. The average Bonchev–Trinajstić information content (AvgIpc) is 2.30. The highest BCUT2D eigenvalue weighted by molar-refractivity contribution is 7.96. The summed E-state index contributed by atoms with van der Waals surface area (Å²) in [4.78, 5) is 0.371. The Morgan fingerprint density at radius 2 is 1.76 bits per heavy atom. The molecule has 0 saturated carbocycles. The molecule has 0 fully saturated rings. The van der Waals surface area contributed by atoms with E-state index in [0.29, 0.717) is 29.1 Å². The molecule has 17 heavy (non-hydrogen) atoms. The SMILES string of the molecule is NC1=CC=C(S(=O)(=O)Nc2ccccc2)CC1. The smallest absolute Gasteiger partial charge is 0.258 e. The molecule has 5 heteroatoms. The molecule has 0 atom stereocenters. The normalized spacial score (nSPS) is 16.0. The zero-order valence-electron chi connectivity index (χ0n) is 9.26. The van der Waals surface area contributed by atoms with Gasteiger partial charge in [0.15, 0.2) is 0 Å². The Kier molecular flexibility index (Phi) is 3.19. The molecule has 0 radical (unpaired) electrons. The van der Waals surface area contributed by atoms with Gasteiger partial charge in [0.05, 0.1) is 4.91 Å². The van der Waals surface area contributed by atoms with Gasteiger partial charge >= 0.3 is 0 Å². The van der Waals surface area contributed by atoms with E-state index in [1.54, 1.807) is 36.4 Å². The number of nitrogens with one attached hydrogen (secondary N) is 1. The zero-order chi connectivity index (χ0) is 12.3. The third-order valence-electron chi connectivity index (χ3n) is 2.51. The van der Waals surface area contributed by atoms with Crippen molar-refractivity contribution in [3.63, 3.8) is 0 Å². The first-order chi connectivity index (χ1) is 8.08. The number of hydrogen-bond donors (Lipinski definition) is 2. The van der Waals surface area contributed by atoms with Gasteiger partial charge in [-0.25, -0.2) is 8.42 Å². The first-order valence-electron chi connectivity index (χ1n) is 5.31. The van der Waals surface area contributed by atoms with Crippen molar-refractivity contribution in [3.8, 4) is 0 Å². The summed E-state index contributed by atoms with van der Waals surface area (Å²) in [5, 5.41) is 0. The van der Waals surface area contributed by atoms with Crippen LogP contribution in [0.2, 0.25) is 0 Å². The predicted molar refractivity (Wildman–Crippen MR) is 68.6 cm³/mol. The van der Waals surface area contributed by atoms with Crippen LogP contribution in [-0.4, -0.2) is 8.42 Å². The van der Waals surface area contributed by atoms with Gasteiger partial charge < -0.3 is 5.73 Å². The fraction of sp³-hybridized carbons (Fsp3) is 0.167. The minimum Gasteiger partial charge on any atom is -0.402 e. The number of allylic oxidation sites excluding steroid dienone is 4. The molecule has 0 heterocycles. The topological polar surface area (TPSA) is 72.2 Å². The lowest BCUT2D eigenvalue weighted by atomic mass is 10.1. The maximum Gasteiger partial charge on any atom is 0.258 e. The molecule has 0 amide bonds. The first-order valence-corrected chi connectivity index (χ1v) is 6.79. The van der Waals surface area contributed by atoms with Crippen molar-refractivity contribution in [2.45, 2.75) is 12.8 Å². The van der Waals surface area contributed by atoms with Crippen molar-refractivity contribution in [3.05, 3.63) is 53.1 Å². The van der Waals surface area contributed by atoms with E-state index < -0.39 is 10.0 Å². The second-order valence-corrected chi connectivity index (χ2v) is 5.58. The number of anilines is 1. The van der Waals surface area contributed by atoms with E-state index in [1.165, 1.54) is 0 Å². The van der Waals surface area contributed by atoms with Crippen LogP contribution in [0, 0.1) is 0 Å². The molecule has 0 aromatic heterocycles. The van der Waals surface area contributed by atoms with E-state index in [4.69, 9.17) is 5.73 Å². The predicted octanol–water partition coefficient (Wildman–Crippen LogP) is 1.95. The molecule has 90 valence electrons. The average molecular weight is 250 g/mol. The van der Waals surface area contributed by atoms with E-state index >= 15 is 0 Å². The molecule has 1 aliphatic carbocycles. The maximum absolute atomic E-state index is 12.0. The summed E-state index contributed by atoms with van der Waals surface area (Å²) in [5.74, 6) is 0. The second kappa shape index (κ2) is 4.63. The van der Waals surface area contributed by atoms with Crippen LogP contribution in [0.5, 0.6) is 0 Å². The number of benzene rings is 1. The lowest BCUT2D eigenvalue weighted by Gasteiger charge is -2.14. The van der Waals surface area contributed by atoms with E-state index in [2.05, 4.69) is 4.72 Å². The number of nitrogens with two attached hydrogens (primary N) is 1. The largest absolute Gasteiger partial charge is 0.402 e. The molecule has 1 aromatic rings. The van der Waals surface area contributed by atoms with Crippen LogP contribution in [0.25, 0.3) is 0 Å². The summed E-state index contributed by atoms with van der Waals surface area (Å²) in [6, 6.07) is 8.83. The van der Waals surface area contributed by atoms with Gasteiger partial charge in [0.25, 0.3) is 10.0 Å². The quantitative estimate of drug-likeness (QED) is 0.861. The Morgan fingerprint density at radius 3 is 2.35 bits per heavy atom. The summed E-state index contributed by atoms with van der Waals surface area (Å²) < 4.78 is 26.6. The van der Waals surface area contributed by atoms with Crippen LogP contribution in [0.3, 0.4) is 0 Å². The fourth-order valence-corrected chi connectivity index (χ4v) is 2.78. The van der Waals surface area contributed by atoms with Crippen LogP contribution in [0.4, 0.5) is 5.69 Å². The van der Waals surface area contributed by atoms with Crippen LogP contribution in [0.1, 0.15) is 12.8 Å². The van der Waals surface area contributed by atoms with Gasteiger partial charge in [-0.05, 0) is 37.1 Å². The fourth-order valence-electron chi connectivity index (χ4n) is 1.59. The lowest BCUT2D eigenvalue weighted by molar-refractivity contribution is 0.604. The van der Waals surface area contributed by atoms with Gasteiger partial charge in [0.1, 0.15) is 0 Å². The molecule has 0 bridgehead atoms. The molecule has 0 unspecified atom stereocenters. The minimum atomic E-state index is -3.45. The van der Waals surface area contributed by atoms with Crippen LogP contribution in [-0.2, 0) is 10.0 Å². The molecule has 0 spiro atoms. The van der Waals surface area contributed by atoms with Crippen molar-refractivity contribution in [1.82, 2.24) is 0 Å². The summed E-state index contributed by atoms with van der Waals surface area (Å²) in [7, 11) is -3.45. The molecule has 1 aliphatic rings. The molecule has 1 aromatic carbocycles. The highest BCUT2D eigenvalue weighted by Gasteiger charge is 2.18. The van der Waals surface area contributed by atoms with Gasteiger partial charge in [-0.1, -0.05) is 18.2 Å². The van der Waals surface area contributed by atoms with Crippen molar-refractivity contribution >= 4 is 15.7 Å². The van der Waals surface area contributed by atoms with Crippen molar-refractivity contribution < 1.29 is 8.42 Å². The van der Waals surface area contributed by atoms with Gasteiger partial charge in [-0.3, -0.25) is 4.72 Å². The Bertz CT molecular complexity index is 559. The number of hydrogen-bond acceptors (Lipinski definition) is 3. The Hall–Kier alpha value is -1.75. The van der Waals surface area contributed by atoms with Crippen molar-refractivity contribution in [2.75, 3.05) is 4.72 Å². The molecule has 3 N–H and O–H groups in total. The monoisotopic (exact) mass is 250 g/mol. The molecular formula is C12H14N2O2S. The van der Waals surface area contributed by atoms with Crippen LogP contribution >= 0.6 is 0 Å². The third-order valence-corrected chi connectivity index (χ3v) is 4.05. The molecule has 0 saturated heterocycles. The van der Waals surface area contributed by atoms with E-state index in [0.717, 1.165) is 0 Å². The Balaban J connectivity index is 2.21. The Labute approximate surface area is 101 Å². The number of para-hydroxylation sites is 1. The van der Waals surface area contributed by atoms with Crippen molar-refractivity contribution in [2.24, 2.45) is 5.73 Å². The van der Waals surface area contributed by atoms with Crippen molar-refractivity contribution in [1.29, 1.82) is 0 Å². The number of rotatable bonds is 3. The van der Waals surface area contributed by atoms with Crippen LogP contribution < -0.4 is 10.5 Å². The minimum absolute atomic E-state index is 0.371. The third kappa shape index (κ3) is 2.88. The highest BCUT2D eigenvalue weighted by Crippen LogP contribution is 2.22. The zero-order valence-corrected chi connectivity index (χ0v) is 10.1. The molecule has 0 aliphatic heterocycles. The summed E-state index contributed by atoms with van der Waals surface area (Å²) in [6.45, 7) is 0. The Morgan fingerprint density at radius 1 is 1.06 bits per heavy atom. The van der Waals surface area contributed by atoms with E-state index in [-0.39, 0.29) is 0 Å². The molecular weight excluding hydrogens is 236 g/mol. The highest BCUT2D eigenvalue weighted by atomic mass is 32.2. The summed E-state index contributed by atoms with van der Waals surface area (Å²) in [5.41, 5.74) is 6.87. The van der Waals surface area contributed by atoms with Gasteiger partial charge in [0, 0.05) is 11.4 Å². The van der Waals surface area contributed by atoms with E-state index in [1.807, 2.05) is 6.07 Å². The first kappa shape index (κ1) is 11.7.